The first-order valence-electron chi connectivity index (χ1n) is 8.75. The maximum Gasteiger partial charge on any atom is 0.241 e. The zero-order valence-electron chi connectivity index (χ0n) is 15.3. The summed E-state index contributed by atoms with van der Waals surface area (Å²) in [4.78, 5) is 13.6. The summed E-state index contributed by atoms with van der Waals surface area (Å²) in [6.07, 6.45) is 1.55. The lowest BCUT2D eigenvalue weighted by molar-refractivity contribution is -0.116. The van der Waals surface area contributed by atoms with Gasteiger partial charge in [0.15, 0.2) is 0 Å². The summed E-state index contributed by atoms with van der Waals surface area (Å²) in [6, 6.07) is 13.3. The van der Waals surface area contributed by atoms with Gasteiger partial charge in [0.25, 0.3) is 0 Å². The van der Waals surface area contributed by atoms with Crippen molar-refractivity contribution in [2.45, 2.75) is 37.6 Å². The molecule has 0 fully saturated rings. The fraction of sp³-hybridized carbons (Fsp3) is 0.300. The first kappa shape index (κ1) is 19.1. The first-order chi connectivity index (χ1) is 12.8. The topological polar surface area (TPSA) is 90.3 Å². The van der Waals surface area contributed by atoms with Crippen LogP contribution in [0.4, 0.5) is 5.69 Å². The van der Waals surface area contributed by atoms with E-state index < -0.39 is 16.1 Å². The number of benzene rings is 2. The molecule has 1 atom stereocenters. The van der Waals surface area contributed by atoms with Crippen LogP contribution in [0.2, 0.25) is 0 Å². The molecule has 0 radical (unpaired) electrons. The Kier molecular flexibility index (Phi) is 5.31. The van der Waals surface area contributed by atoms with Gasteiger partial charge in [0.05, 0.1) is 16.5 Å². The van der Waals surface area contributed by atoms with E-state index in [0.717, 1.165) is 29.7 Å². The van der Waals surface area contributed by atoms with E-state index >= 15 is 0 Å². The molecule has 3 rings (SSSR count). The van der Waals surface area contributed by atoms with Crippen LogP contribution >= 0.6 is 0 Å². The summed E-state index contributed by atoms with van der Waals surface area (Å²) in [5.74, 6) is -0.0425. The number of hydrogen-bond acceptors (Lipinski definition) is 4. The third-order valence-electron chi connectivity index (χ3n) is 4.73. The average Bonchev–Trinajstić information content (AvgIpc) is 2.66. The number of aryl methyl sites for hydroxylation is 1. The van der Waals surface area contributed by atoms with Crippen molar-refractivity contribution in [2.75, 3.05) is 11.4 Å². The second kappa shape index (κ2) is 7.51. The zero-order chi connectivity index (χ0) is 19.6. The highest BCUT2D eigenvalue weighted by atomic mass is 32.2. The van der Waals surface area contributed by atoms with Crippen molar-refractivity contribution < 1.29 is 13.2 Å². The predicted octanol–water partition coefficient (Wildman–Crippen LogP) is 2.90. The van der Waals surface area contributed by atoms with Crippen LogP contribution in [0.1, 0.15) is 43.0 Å². The summed E-state index contributed by atoms with van der Waals surface area (Å²) in [6.45, 7) is 3.93. The second-order valence-corrected chi connectivity index (χ2v) is 8.36. The molecule has 1 aliphatic heterocycles. The van der Waals surface area contributed by atoms with Crippen molar-refractivity contribution in [3.05, 3.63) is 59.2 Å². The fourth-order valence-electron chi connectivity index (χ4n) is 3.28. The van der Waals surface area contributed by atoms with Crippen molar-refractivity contribution in [2.24, 2.45) is 0 Å². The van der Waals surface area contributed by atoms with Crippen LogP contribution in [0.3, 0.4) is 0 Å². The molecule has 1 unspecified atom stereocenters. The quantitative estimate of drug-likeness (QED) is 0.879. The Morgan fingerprint density at radius 1 is 1.22 bits per heavy atom. The minimum absolute atomic E-state index is 0.0425. The largest absolute Gasteiger partial charge is 0.312 e. The molecule has 140 valence electrons. The van der Waals surface area contributed by atoms with E-state index in [1.54, 1.807) is 48.2 Å². The van der Waals surface area contributed by atoms with Crippen LogP contribution in [-0.2, 0) is 21.2 Å². The van der Waals surface area contributed by atoms with Crippen LogP contribution in [0.25, 0.3) is 0 Å². The van der Waals surface area contributed by atoms with Crippen molar-refractivity contribution in [3.8, 4) is 6.07 Å². The van der Waals surface area contributed by atoms with Crippen LogP contribution in [0.15, 0.2) is 47.4 Å². The number of carbonyl (C=O) groups excluding carboxylic acids is 1. The van der Waals surface area contributed by atoms with Crippen molar-refractivity contribution in [3.63, 3.8) is 0 Å². The van der Waals surface area contributed by atoms with Gasteiger partial charge in [-0.15, -0.1) is 0 Å². The van der Waals surface area contributed by atoms with Crippen LogP contribution in [0.5, 0.6) is 0 Å². The number of nitriles is 1. The monoisotopic (exact) mass is 383 g/mol. The summed E-state index contributed by atoms with van der Waals surface area (Å²) >= 11 is 0. The third-order valence-corrected chi connectivity index (χ3v) is 6.27. The molecule has 6 nitrogen and oxygen atoms in total. The van der Waals surface area contributed by atoms with Gasteiger partial charge in [0, 0.05) is 25.2 Å². The zero-order valence-corrected chi connectivity index (χ0v) is 16.1. The van der Waals surface area contributed by atoms with Gasteiger partial charge in [-0.2, -0.15) is 5.26 Å². The molecule has 7 heteroatoms. The molecule has 2 aromatic carbocycles. The number of anilines is 1. The van der Waals surface area contributed by atoms with Gasteiger partial charge < -0.3 is 4.90 Å². The number of rotatable bonds is 4. The van der Waals surface area contributed by atoms with Crippen LogP contribution in [0, 0.1) is 11.3 Å². The lowest BCUT2D eigenvalue weighted by Crippen LogP contribution is -2.34. The smallest absolute Gasteiger partial charge is 0.241 e. The molecular formula is C20H21N3O3S. The summed E-state index contributed by atoms with van der Waals surface area (Å²) in [7, 11) is -3.71. The van der Waals surface area contributed by atoms with Gasteiger partial charge in [0.2, 0.25) is 15.9 Å². The first-order valence-corrected chi connectivity index (χ1v) is 10.2. The highest BCUT2D eigenvalue weighted by Crippen LogP contribution is 2.30. The van der Waals surface area contributed by atoms with Gasteiger partial charge in [-0.25, -0.2) is 13.1 Å². The Balaban J connectivity index is 1.84. The molecule has 0 spiro atoms. The van der Waals surface area contributed by atoms with Crippen LogP contribution < -0.4 is 9.62 Å². The second-order valence-electron chi connectivity index (χ2n) is 6.64. The molecule has 0 saturated carbocycles. The minimum Gasteiger partial charge on any atom is -0.312 e. The summed E-state index contributed by atoms with van der Waals surface area (Å²) in [5, 5.41) is 8.87. The SMILES string of the molecule is CC(=O)N1CCCc2cc(S(=O)(=O)NC(C)c3ccc(C#N)cc3)ccc21. The molecule has 0 bridgehead atoms. The molecule has 0 saturated heterocycles. The maximum atomic E-state index is 12.8. The van der Waals surface area contributed by atoms with Gasteiger partial charge in [-0.05, 0) is 61.2 Å². The van der Waals surface area contributed by atoms with Gasteiger partial charge in [-0.3, -0.25) is 4.79 Å². The molecule has 1 aliphatic rings. The lowest BCUT2D eigenvalue weighted by atomic mass is 10.0. The van der Waals surface area contributed by atoms with Gasteiger partial charge in [0.1, 0.15) is 0 Å². The number of carbonyl (C=O) groups is 1. The standard InChI is InChI=1S/C20H21N3O3S/c1-14(17-7-5-16(13-21)6-8-17)22-27(25,26)19-9-10-20-18(12-19)4-3-11-23(20)15(2)24/h5-10,12,14,22H,3-4,11H2,1-2H3. The van der Waals surface area contributed by atoms with Crippen molar-refractivity contribution >= 4 is 21.6 Å². The lowest BCUT2D eigenvalue weighted by Gasteiger charge is -2.29. The van der Waals surface area contributed by atoms with E-state index in [2.05, 4.69) is 4.72 Å². The highest BCUT2D eigenvalue weighted by Gasteiger charge is 2.24. The molecule has 27 heavy (non-hydrogen) atoms. The molecule has 1 N–H and O–H groups in total. The Morgan fingerprint density at radius 2 is 1.93 bits per heavy atom. The molecule has 0 aromatic heterocycles. The van der Waals surface area contributed by atoms with E-state index in [9.17, 15) is 13.2 Å². The average molecular weight is 383 g/mol. The summed E-state index contributed by atoms with van der Waals surface area (Å²) in [5.41, 5.74) is 2.95. The van der Waals surface area contributed by atoms with E-state index in [-0.39, 0.29) is 10.8 Å². The van der Waals surface area contributed by atoms with E-state index in [0.29, 0.717) is 12.1 Å². The Labute approximate surface area is 159 Å². The fourth-order valence-corrected chi connectivity index (χ4v) is 4.57. The number of hydrogen-bond donors (Lipinski definition) is 1. The normalized spacial score (nSPS) is 14.9. The Bertz CT molecular complexity index is 1010. The number of amides is 1. The van der Waals surface area contributed by atoms with Gasteiger partial charge >= 0.3 is 0 Å². The van der Waals surface area contributed by atoms with Crippen molar-refractivity contribution in [1.29, 1.82) is 5.26 Å². The van der Waals surface area contributed by atoms with Crippen molar-refractivity contribution in [1.82, 2.24) is 4.72 Å². The Hall–Kier alpha value is -2.69. The van der Waals surface area contributed by atoms with E-state index in [4.69, 9.17) is 5.26 Å². The van der Waals surface area contributed by atoms with E-state index in [1.807, 2.05) is 6.07 Å². The third kappa shape index (κ3) is 4.02. The van der Waals surface area contributed by atoms with Crippen LogP contribution in [-0.4, -0.2) is 20.9 Å². The minimum atomic E-state index is -3.71. The highest BCUT2D eigenvalue weighted by molar-refractivity contribution is 7.89. The Morgan fingerprint density at radius 3 is 2.56 bits per heavy atom. The predicted molar refractivity (Wildman–Crippen MR) is 103 cm³/mol. The molecule has 2 aromatic rings. The number of nitrogens with one attached hydrogen (secondary N) is 1. The molecular weight excluding hydrogens is 362 g/mol. The number of nitrogens with zero attached hydrogens (tertiary/aromatic N) is 2. The van der Waals surface area contributed by atoms with E-state index in [1.165, 1.54) is 13.0 Å². The maximum absolute atomic E-state index is 12.8. The van der Waals surface area contributed by atoms with Gasteiger partial charge in [-0.1, -0.05) is 12.1 Å². The molecule has 0 aliphatic carbocycles. The molecule has 1 heterocycles. The number of fused-ring (bicyclic) bond motifs is 1. The summed E-state index contributed by atoms with van der Waals surface area (Å²) < 4.78 is 28.3. The number of sulfonamides is 1. The molecule has 1 amide bonds.